The zero-order chi connectivity index (χ0) is 17.9. The largest absolute Gasteiger partial charge is 3.00 e. The maximum absolute atomic E-state index is 8.25. The molecule has 0 aromatic rings. The van der Waals surface area contributed by atoms with E-state index in [2.05, 4.69) is 0 Å². The summed E-state index contributed by atoms with van der Waals surface area (Å²) in [6.07, 6.45) is 0. The minimum Gasteiger partial charge on any atom is -0.412 e. The molecule has 0 aliphatic carbocycles. The Bertz CT molecular complexity index is 211. The van der Waals surface area contributed by atoms with Gasteiger partial charge in [0.05, 0.1) is 25.4 Å². The fourth-order valence-electron chi connectivity index (χ4n) is 0. The van der Waals surface area contributed by atoms with E-state index in [1.807, 2.05) is 0 Å². The van der Waals surface area contributed by atoms with Crippen LogP contribution in [0.1, 0.15) is 0 Å². The van der Waals surface area contributed by atoms with E-state index >= 15 is 0 Å². The molecule has 0 aromatic carbocycles. The topological polar surface area (TPSA) is 435 Å². The van der Waals surface area contributed by atoms with Crippen molar-refractivity contribution in [1.29, 1.82) is 0 Å². The maximum atomic E-state index is 8.25. The molecule has 0 saturated heterocycles. The molecule has 10 N–H and O–H groups in total. The maximum Gasteiger partial charge on any atom is 3.00 e. The molecule has 0 unspecified atom stereocenters. The predicted octanol–water partition coefficient (Wildman–Crippen LogP) is -1.27. The molecule has 0 rings (SSSR count). The smallest absolute Gasteiger partial charge is 0.412 e. The Kier molecular flexibility index (Phi) is 121. The Labute approximate surface area is 161 Å². The summed E-state index contributed by atoms with van der Waals surface area (Å²) < 4.78 is 0. The molecule has 0 saturated carbocycles. The van der Waals surface area contributed by atoms with E-state index in [1.54, 1.807) is 0 Å². The van der Waals surface area contributed by atoms with Crippen LogP contribution < -0.4 is 12.3 Å². The Morgan fingerprint density at radius 2 is 0.375 bits per heavy atom. The van der Waals surface area contributed by atoms with Crippen molar-refractivity contribution in [2.75, 3.05) is 0 Å². The Balaban J connectivity index is -0.0000000161. The molecule has 0 aliphatic rings. The molecule has 0 amide bonds. The van der Waals surface area contributed by atoms with Gasteiger partial charge in [-0.05, 0) is 0 Å². The van der Waals surface area contributed by atoms with Crippen LogP contribution in [0.5, 0.6) is 0 Å². The van der Waals surface area contributed by atoms with Crippen molar-refractivity contribution in [3.63, 3.8) is 0 Å². The Morgan fingerprint density at radius 3 is 0.375 bits per heavy atom. The fraction of sp³-hybridized carbons (Fsp3) is 0. The summed E-state index contributed by atoms with van der Waals surface area (Å²) in [5, 5.41) is 73.8. The van der Waals surface area contributed by atoms with Gasteiger partial charge in [-0.15, -0.1) is 0 Å². The zero-order valence-electron chi connectivity index (χ0n) is 11.4. The van der Waals surface area contributed by atoms with E-state index in [0.717, 1.165) is 0 Å². The second-order valence-electron chi connectivity index (χ2n) is 1.12. The first-order chi connectivity index (χ1) is 8.66. The summed E-state index contributed by atoms with van der Waals surface area (Å²) in [6, 6.07) is 0. The van der Waals surface area contributed by atoms with Crippen LogP contribution in [0.2, 0.25) is 0 Å². The van der Waals surface area contributed by atoms with Gasteiger partial charge in [0.25, 0.3) is 0 Å². The van der Waals surface area contributed by atoms with Gasteiger partial charge < -0.3 is 94.4 Å². The van der Waals surface area contributed by atoms with E-state index in [4.69, 9.17) is 76.6 Å². The first kappa shape index (κ1) is 58.1. The zero-order valence-corrected chi connectivity index (χ0v) is 14.5. The van der Waals surface area contributed by atoms with Crippen LogP contribution in [0.25, 0.3) is 0 Å². The molecule has 0 heterocycles. The number of quaternary nitrogens is 2. The number of hydrogen-bond acceptors (Lipinski definition) is 15. The van der Waals surface area contributed by atoms with Crippen molar-refractivity contribution in [2.45, 2.75) is 0 Å². The quantitative estimate of drug-likeness (QED) is 0.287. The second kappa shape index (κ2) is 50.0. The molecule has 24 heavy (non-hydrogen) atoms. The predicted molar refractivity (Wildman–Crippen MR) is 67.4 cm³/mol. The minimum atomic E-state index is -1.75. The van der Waals surface area contributed by atoms with Crippen molar-refractivity contribution < 1.29 is 72.7 Å². The molecule has 24 heteroatoms. The summed E-state index contributed by atoms with van der Waals surface area (Å²) >= 11 is 0. The molecule has 0 spiro atoms. The average Bonchev–Trinajstić information content (AvgIpc) is 1.94. The number of nitrogens with zero attached hydrogens (tertiary/aromatic N) is 5. The monoisotopic (exact) mass is 504 g/mol. The van der Waals surface area contributed by atoms with Crippen molar-refractivity contribution in [3.8, 4) is 0 Å². The number of rotatable bonds is 0. The van der Waals surface area contributed by atoms with E-state index in [1.165, 1.54) is 0 Å². The SMILES string of the molecule is O.O=[N+]([O-])[O-].O=[N+]([O-])[O-].O=[N+]([O-])[O-].O=[N+]([O-])[O-].O=[N+]([O-])[O-].[Ce+3].[NH4+].[NH4+]. The number of hydrogen-bond donors (Lipinski definition) is 2. The van der Waals surface area contributed by atoms with Crippen molar-refractivity contribution in [1.82, 2.24) is 12.3 Å². The average molecular weight is 504 g/mol. The van der Waals surface area contributed by atoms with E-state index in [-0.39, 0.29) is 59.5 Å². The van der Waals surface area contributed by atoms with Gasteiger partial charge in [-0.2, -0.15) is 0 Å². The molecular weight excluding hydrogens is 494 g/mol. The molecule has 0 fully saturated rings. The second-order valence-corrected chi connectivity index (χ2v) is 1.12. The Hall–Kier alpha value is -2.74. The van der Waals surface area contributed by atoms with E-state index < -0.39 is 25.4 Å². The van der Waals surface area contributed by atoms with Gasteiger partial charge in [-0.25, -0.2) is 0 Å². The normalized spacial score (nSPS) is 5.00. The van der Waals surface area contributed by atoms with Gasteiger partial charge in [0.2, 0.25) is 0 Å². The molecule has 0 bridgehead atoms. The van der Waals surface area contributed by atoms with Crippen molar-refractivity contribution in [3.05, 3.63) is 76.6 Å². The molecule has 0 aromatic heterocycles. The van der Waals surface area contributed by atoms with Crippen LogP contribution in [0, 0.1) is 118 Å². The van der Waals surface area contributed by atoms with Gasteiger partial charge in [-0.1, -0.05) is 0 Å². The van der Waals surface area contributed by atoms with Crippen LogP contribution >= 0.6 is 0 Å². The molecule has 145 valence electrons. The van der Waals surface area contributed by atoms with Crippen LogP contribution in [-0.4, -0.2) is 30.9 Å². The van der Waals surface area contributed by atoms with E-state index in [0.29, 0.717) is 0 Å². The van der Waals surface area contributed by atoms with Crippen LogP contribution in [0.4, 0.5) is 0 Å². The van der Waals surface area contributed by atoms with Gasteiger partial charge in [-0.3, -0.25) is 0 Å². The van der Waals surface area contributed by atoms with Crippen molar-refractivity contribution in [2.24, 2.45) is 0 Å². The summed E-state index contributed by atoms with van der Waals surface area (Å²) in [7, 11) is 0. The molecule has 1 radical (unpaired) electrons. The van der Waals surface area contributed by atoms with Gasteiger partial charge in [0.15, 0.2) is 0 Å². The van der Waals surface area contributed by atoms with Crippen molar-refractivity contribution >= 4 is 0 Å². The molecule has 0 atom stereocenters. The third-order valence-electron chi connectivity index (χ3n) is 0. The minimum absolute atomic E-state index is 0. The first-order valence-corrected chi connectivity index (χ1v) is 2.74. The van der Waals surface area contributed by atoms with Crippen LogP contribution in [0.15, 0.2) is 0 Å². The fourth-order valence-corrected chi connectivity index (χ4v) is 0. The summed E-state index contributed by atoms with van der Waals surface area (Å²) in [5.41, 5.74) is 0. The summed E-state index contributed by atoms with van der Waals surface area (Å²) in [5.74, 6) is 0. The van der Waals surface area contributed by atoms with E-state index in [9.17, 15) is 0 Å². The van der Waals surface area contributed by atoms with Gasteiger partial charge >= 0.3 is 41.7 Å². The van der Waals surface area contributed by atoms with Crippen LogP contribution in [-0.2, 0) is 0 Å². The third kappa shape index (κ3) is 853. The van der Waals surface area contributed by atoms with Gasteiger partial charge in [0, 0.05) is 0 Å². The standard InChI is InChI=1S/Ce.5NO3.2H3N.H2O/c;5*2-1(3)4;;;/h;;;;;;2*1H3;1H2/q+3;5*-1;;;/p+2. The summed E-state index contributed by atoms with van der Waals surface area (Å²) in [4.78, 5) is 41.2. The summed E-state index contributed by atoms with van der Waals surface area (Å²) in [6.45, 7) is 0. The molecular formula is H10CeN7O16. The Morgan fingerprint density at radius 1 is 0.375 bits per heavy atom. The molecule has 0 aliphatic heterocycles. The van der Waals surface area contributed by atoms with Gasteiger partial charge in [0.1, 0.15) is 0 Å². The van der Waals surface area contributed by atoms with Crippen LogP contribution in [0.3, 0.4) is 0 Å². The first-order valence-electron chi connectivity index (χ1n) is 2.74. The third-order valence-corrected chi connectivity index (χ3v) is 0. The molecule has 23 nitrogen and oxygen atoms in total.